The van der Waals surface area contributed by atoms with Crippen LogP contribution in [0.3, 0.4) is 0 Å². The SMILES string of the molecule is CCc1c(-c2ccncc2)c(N)nn1CC. The summed E-state index contributed by atoms with van der Waals surface area (Å²) in [4.78, 5) is 4.01. The van der Waals surface area contributed by atoms with Gasteiger partial charge in [0.25, 0.3) is 0 Å². The minimum Gasteiger partial charge on any atom is -0.382 e. The predicted molar refractivity (Wildman–Crippen MR) is 64.9 cm³/mol. The molecule has 0 spiro atoms. The molecular formula is C12H16N4. The number of pyridine rings is 1. The normalized spacial score (nSPS) is 10.6. The Labute approximate surface area is 95.1 Å². The maximum Gasteiger partial charge on any atom is 0.153 e. The fraction of sp³-hybridized carbons (Fsp3) is 0.333. The number of rotatable bonds is 3. The minimum atomic E-state index is 0.602. The van der Waals surface area contributed by atoms with Crippen molar-refractivity contribution in [2.75, 3.05) is 5.73 Å². The van der Waals surface area contributed by atoms with Gasteiger partial charge in [-0.05, 0) is 31.0 Å². The monoisotopic (exact) mass is 216 g/mol. The van der Waals surface area contributed by atoms with E-state index in [-0.39, 0.29) is 0 Å². The Balaban J connectivity index is 2.60. The molecule has 84 valence electrons. The Kier molecular flexibility index (Phi) is 2.90. The smallest absolute Gasteiger partial charge is 0.153 e. The van der Waals surface area contributed by atoms with Crippen molar-refractivity contribution < 1.29 is 0 Å². The summed E-state index contributed by atoms with van der Waals surface area (Å²) in [5, 5.41) is 4.35. The quantitative estimate of drug-likeness (QED) is 0.854. The van der Waals surface area contributed by atoms with Gasteiger partial charge in [0.15, 0.2) is 5.82 Å². The number of nitrogen functional groups attached to an aromatic ring is 1. The molecule has 2 aromatic heterocycles. The van der Waals surface area contributed by atoms with Gasteiger partial charge in [-0.25, -0.2) is 0 Å². The van der Waals surface area contributed by atoms with Crippen LogP contribution in [0.25, 0.3) is 11.1 Å². The highest BCUT2D eigenvalue weighted by molar-refractivity contribution is 5.76. The van der Waals surface area contributed by atoms with Gasteiger partial charge in [0, 0.05) is 30.2 Å². The van der Waals surface area contributed by atoms with E-state index in [1.165, 1.54) is 5.69 Å². The van der Waals surface area contributed by atoms with Crippen LogP contribution in [0, 0.1) is 0 Å². The van der Waals surface area contributed by atoms with Crippen molar-refractivity contribution in [2.45, 2.75) is 26.8 Å². The van der Waals surface area contributed by atoms with Crippen LogP contribution in [0.5, 0.6) is 0 Å². The lowest BCUT2D eigenvalue weighted by molar-refractivity contribution is 0.629. The fourth-order valence-corrected chi connectivity index (χ4v) is 1.97. The highest BCUT2D eigenvalue weighted by atomic mass is 15.3. The summed E-state index contributed by atoms with van der Waals surface area (Å²) in [7, 11) is 0. The van der Waals surface area contributed by atoms with Gasteiger partial charge in [0.2, 0.25) is 0 Å². The van der Waals surface area contributed by atoms with Crippen molar-refractivity contribution in [2.24, 2.45) is 0 Å². The number of hydrogen-bond acceptors (Lipinski definition) is 3. The number of nitrogens with two attached hydrogens (primary N) is 1. The van der Waals surface area contributed by atoms with Gasteiger partial charge in [0.1, 0.15) is 0 Å². The molecule has 4 heteroatoms. The number of nitrogens with zero attached hydrogens (tertiary/aromatic N) is 3. The first-order valence-corrected chi connectivity index (χ1v) is 5.53. The van der Waals surface area contributed by atoms with Crippen LogP contribution >= 0.6 is 0 Å². The Morgan fingerprint density at radius 2 is 1.94 bits per heavy atom. The van der Waals surface area contributed by atoms with E-state index in [1.807, 2.05) is 16.8 Å². The van der Waals surface area contributed by atoms with Crippen LogP contribution in [0.1, 0.15) is 19.5 Å². The molecule has 2 heterocycles. The first kappa shape index (κ1) is 10.7. The van der Waals surface area contributed by atoms with E-state index in [9.17, 15) is 0 Å². The molecule has 0 amide bonds. The van der Waals surface area contributed by atoms with E-state index in [0.29, 0.717) is 5.82 Å². The molecule has 0 radical (unpaired) electrons. The Morgan fingerprint density at radius 3 is 2.50 bits per heavy atom. The van der Waals surface area contributed by atoms with E-state index in [4.69, 9.17) is 5.73 Å². The van der Waals surface area contributed by atoms with Gasteiger partial charge in [-0.1, -0.05) is 6.92 Å². The third-order valence-electron chi connectivity index (χ3n) is 2.69. The maximum absolute atomic E-state index is 5.97. The van der Waals surface area contributed by atoms with Crippen LogP contribution in [-0.2, 0) is 13.0 Å². The lowest BCUT2D eigenvalue weighted by Crippen LogP contribution is -2.02. The lowest BCUT2D eigenvalue weighted by Gasteiger charge is -2.05. The predicted octanol–water partition coefficient (Wildman–Crippen LogP) is 2.11. The average molecular weight is 216 g/mol. The second-order valence-corrected chi connectivity index (χ2v) is 3.61. The van der Waals surface area contributed by atoms with Crippen molar-refractivity contribution in [1.29, 1.82) is 0 Å². The molecule has 2 rings (SSSR count). The number of hydrogen-bond donors (Lipinski definition) is 1. The summed E-state index contributed by atoms with van der Waals surface area (Å²) in [6.07, 6.45) is 4.48. The molecule has 16 heavy (non-hydrogen) atoms. The summed E-state index contributed by atoms with van der Waals surface area (Å²) in [5.41, 5.74) is 9.29. The zero-order valence-corrected chi connectivity index (χ0v) is 9.64. The van der Waals surface area contributed by atoms with Crippen LogP contribution in [-0.4, -0.2) is 14.8 Å². The van der Waals surface area contributed by atoms with Crippen molar-refractivity contribution in [1.82, 2.24) is 14.8 Å². The van der Waals surface area contributed by atoms with E-state index in [0.717, 1.165) is 24.1 Å². The lowest BCUT2D eigenvalue weighted by atomic mass is 10.1. The topological polar surface area (TPSA) is 56.7 Å². The summed E-state index contributed by atoms with van der Waals surface area (Å²) in [6, 6.07) is 3.93. The Bertz CT molecular complexity index is 473. The highest BCUT2D eigenvalue weighted by Gasteiger charge is 2.14. The molecule has 0 atom stereocenters. The van der Waals surface area contributed by atoms with Crippen LogP contribution in [0.2, 0.25) is 0 Å². The van der Waals surface area contributed by atoms with Crippen molar-refractivity contribution in [3.05, 3.63) is 30.2 Å². The second-order valence-electron chi connectivity index (χ2n) is 3.61. The van der Waals surface area contributed by atoms with Crippen LogP contribution < -0.4 is 5.73 Å². The molecular weight excluding hydrogens is 200 g/mol. The molecule has 0 saturated carbocycles. The van der Waals surface area contributed by atoms with E-state index in [2.05, 4.69) is 23.9 Å². The average Bonchev–Trinajstić information content (AvgIpc) is 2.66. The summed E-state index contributed by atoms with van der Waals surface area (Å²) in [5.74, 6) is 0.602. The maximum atomic E-state index is 5.97. The first-order valence-electron chi connectivity index (χ1n) is 5.53. The summed E-state index contributed by atoms with van der Waals surface area (Å²) in [6.45, 7) is 5.04. The van der Waals surface area contributed by atoms with Crippen molar-refractivity contribution >= 4 is 5.82 Å². The minimum absolute atomic E-state index is 0.602. The summed E-state index contributed by atoms with van der Waals surface area (Å²) < 4.78 is 1.96. The van der Waals surface area contributed by atoms with Gasteiger partial charge in [0.05, 0.1) is 0 Å². The van der Waals surface area contributed by atoms with Gasteiger partial charge < -0.3 is 5.73 Å². The molecule has 2 aromatic rings. The third kappa shape index (κ3) is 1.66. The molecule has 2 N–H and O–H groups in total. The van der Waals surface area contributed by atoms with E-state index in [1.54, 1.807) is 12.4 Å². The highest BCUT2D eigenvalue weighted by Crippen LogP contribution is 2.29. The number of anilines is 1. The zero-order chi connectivity index (χ0) is 11.5. The van der Waals surface area contributed by atoms with E-state index < -0.39 is 0 Å². The third-order valence-corrected chi connectivity index (χ3v) is 2.69. The second kappa shape index (κ2) is 4.35. The first-order chi connectivity index (χ1) is 7.77. The van der Waals surface area contributed by atoms with Gasteiger partial charge in [-0.3, -0.25) is 9.67 Å². The van der Waals surface area contributed by atoms with Gasteiger partial charge in [-0.15, -0.1) is 0 Å². The Morgan fingerprint density at radius 1 is 1.25 bits per heavy atom. The molecule has 0 aliphatic carbocycles. The zero-order valence-electron chi connectivity index (χ0n) is 9.64. The largest absolute Gasteiger partial charge is 0.382 e. The van der Waals surface area contributed by atoms with Crippen molar-refractivity contribution in [3.63, 3.8) is 0 Å². The number of aromatic nitrogens is 3. The van der Waals surface area contributed by atoms with E-state index >= 15 is 0 Å². The molecule has 0 aromatic carbocycles. The van der Waals surface area contributed by atoms with Crippen LogP contribution in [0.4, 0.5) is 5.82 Å². The molecule has 0 aliphatic heterocycles. The van der Waals surface area contributed by atoms with Gasteiger partial charge >= 0.3 is 0 Å². The Hall–Kier alpha value is -1.84. The van der Waals surface area contributed by atoms with Gasteiger partial charge in [-0.2, -0.15) is 5.10 Å². The molecule has 0 aliphatic rings. The number of aryl methyl sites for hydroxylation is 1. The fourth-order valence-electron chi connectivity index (χ4n) is 1.97. The molecule has 4 nitrogen and oxygen atoms in total. The molecule has 0 saturated heterocycles. The van der Waals surface area contributed by atoms with Crippen molar-refractivity contribution in [3.8, 4) is 11.1 Å². The molecule has 0 bridgehead atoms. The van der Waals surface area contributed by atoms with Crippen LogP contribution in [0.15, 0.2) is 24.5 Å². The molecule has 0 fully saturated rings. The summed E-state index contributed by atoms with van der Waals surface area (Å²) >= 11 is 0. The molecule has 0 unspecified atom stereocenters. The standard InChI is InChI=1S/C12H16N4/c1-3-10-11(9-5-7-14-8-6-9)12(13)15-16(10)4-2/h5-8H,3-4H2,1-2H3,(H2,13,15).